The zero-order valence-electron chi connectivity index (χ0n) is 12.8. The van der Waals surface area contributed by atoms with Gasteiger partial charge in [0.15, 0.2) is 5.82 Å². The third-order valence-electron chi connectivity index (χ3n) is 4.38. The Bertz CT molecular complexity index is 609. The van der Waals surface area contributed by atoms with Crippen LogP contribution in [-0.4, -0.2) is 47.0 Å². The number of hydrogen-bond acceptors (Lipinski definition) is 3. The molecule has 2 aromatic rings. The Morgan fingerprint density at radius 2 is 2.19 bits per heavy atom. The number of nitrogens with zero attached hydrogens (tertiary/aromatic N) is 4. The summed E-state index contributed by atoms with van der Waals surface area (Å²) in [6, 6.07) is 6.61. The minimum Gasteiger partial charge on any atom is -0.351 e. The van der Waals surface area contributed by atoms with E-state index in [2.05, 4.69) is 34.4 Å². The number of halogens is 1. The van der Waals surface area contributed by atoms with Gasteiger partial charge in [-0.1, -0.05) is 13.0 Å². The average molecular weight is 307 g/mol. The van der Waals surface area contributed by atoms with Crippen molar-refractivity contribution in [3.05, 3.63) is 30.1 Å². The molecule has 0 aromatic carbocycles. The molecule has 0 radical (unpaired) electrons. The standard InChI is InChI=1S/C16H23ClN4/c1-3-13-12-19(2)8-6-10-20(13)16-14(11-17)21-9-5-4-7-15(21)18-16/h4-5,7,9,13H,3,6,8,10-12H2,1-2H3. The quantitative estimate of drug-likeness (QED) is 0.815. The van der Waals surface area contributed by atoms with Crippen LogP contribution in [0.5, 0.6) is 0 Å². The maximum absolute atomic E-state index is 6.23. The van der Waals surface area contributed by atoms with E-state index in [9.17, 15) is 0 Å². The summed E-state index contributed by atoms with van der Waals surface area (Å²) in [5.41, 5.74) is 2.09. The smallest absolute Gasteiger partial charge is 0.152 e. The second kappa shape index (κ2) is 6.24. The van der Waals surface area contributed by atoms with Crippen LogP contribution in [0.3, 0.4) is 0 Å². The summed E-state index contributed by atoms with van der Waals surface area (Å²) in [5.74, 6) is 1.56. The predicted molar refractivity (Wildman–Crippen MR) is 88.3 cm³/mol. The largest absolute Gasteiger partial charge is 0.351 e. The molecule has 0 N–H and O–H groups in total. The van der Waals surface area contributed by atoms with E-state index in [0.29, 0.717) is 11.9 Å². The Morgan fingerprint density at radius 1 is 1.33 bits per heavy atom. The van der Waals surface area contributed by atoms with Crippen molar-refractivity contribution in [3.8, 4) is 0 Å². The first-order chi connectivity index (χ1) is 10.2. The summed E-state index contributed by atoms with van der Waals surface area (Å²) in [6.45, 7) is 5.55. The molecule has 1 aliphatic heterocycles. The molecule has 3 heterocycles. The maximum Gasteiger partial charge on any atom is 0.152 e. The molecule has 0 saturated carbocycles. The number of alkyl halides is 1. The van der Waals surface area contributed by atoms with E-state index in [0.717, 1.165) is 43.2 Å². The van der Waals surface area contributed by atoms with Crippen molar-refractivity contribution >= 4 is 23.1 Å². The highest BCUT2D eigenvalue weighted by molar-refractivity contribution is 6.17. The Labute approximate surface area is 131 Å². The molecular weight excluding hydrogens is 284 g/mol. The fraction of sp³-hybridized carbons (Fsp3) is 0.562. The molecule has 0 aliphatic carbocycles. The predicted octanol–water partition coefficient (Wildman–Crippen LogP) is 2.99. The highest BCUT2D eigenvalue weighted by atomic mass is 35.5. The first-order valence-electron chi connectivity index (χ1n) is 7.71. The number of imidazole rings is 1. The Morgan fingerprint density at radius 3 is 2.95 bits per heavy atom. The van der Waals surface area contributed by atoms with Crippen LogP contribution < -0.4 is 4.90 Å². The Balaban J connectivity index is 2.05. The molecule has 21 heavy (non-hydrogen) atoms. The third kappa shape index (κ3) is 2.74. The molecule has 114 valence electrons. The van der Waals surface area contributed by atoms with Crippen LogP contribution in [0.2, 0.25) is 0 Å². The number of fused-ring (bicyclic) bond motifs is 1. The molecule has 1 atom stereocenters. The zero-order valence-corrected chi connectivity index (χ0v) is 13.6. The van der Waals surface area contributed by atoms with Crippen molar-refractivity contribution in [1.29, 1.82) is 0 Å². The number of aromatic nitrogens is 2. The summed E-state index contributed by atoms with van der Waals surface area (Å²) in [5, 5.41) is 0. The van der Waals surface area contributed by atoms with Crippen LogP contribution in [0.25, 0.3) is 5.65 Å². The van der Waals surface area contributed by atoms with E-state index < -0.39 is 0 Å². The zero-order chi connectivity index (χ0) is 14.8. The molecule has 0 amide bonds. The van der Waals surface area contributed by atoms with Gasteiger partial charge in [-0.15, -0.1) is 11.6 Å². The van der Waals surface area contributed by atoms with E-state index in [4.69, 9.17) is 16.6 Å². The highest BCUT2D eigenvalue weighted by Gasteiger charge is 2.26. The average Bonchev–Trinajstić information content (AvgIpc) is 2.76. The maximum atomic E-state index is 6.23. The van der Waals surface area contributed by atoms with Gasteiger partial charge in [-0.2, -0.15) is 0 Å². The number of anilines is 1. The molecule has 1 fully saturated rings. The highest BCUT2D eigenvalue weighted by Crippen LogP contribution is 2.27. The Kier molecular flexibility index (Phi) is 4.36. The van der Waals surface area contributed by atoms with Crippen molar-refractivity contribution < 1.29 is 0 Å². The van der Waals surface area contributed by atoms with Crippen molar-refractivity contribution in [3.63, 3.8) is 0 Å². The molecule has 3 rings (SSSR count). The van der Waals surface area contributed by atoms with E-state index in [1.54, 1.807) is 0 Å². The topological polar surface area (TPSA) is 23.8 Å². The molecule has 4 nitrogen and oxygen atoms in total. The molecule has 5 heteroatoms. The van der Waals surface area contributed by atoms with Crippen molar-refractivity contribution in [2.24, 2.45) is 0 Å². The number of hydrogen-bond donors (Lipinski definition) is 0. The normalized spacial score (nSPS) is 20.9. The van der Waals surface area contributed by atoms with Crippen LogP contribution in [-0.2, 0) is 5.88 Å². The molecule has 0 spiro atoms. The van der Waals surface area contributed by atoms with Gasteiger partial charge in [0.25, 0.3) is 0 Å². The van der Waals surface area contributed by atoms with Crippen LogP contribution in [0.4, 0.5) is 5.82 Å². The monoisotopic (exact) mass is 306 g/mol. The Hall–Kier alpha value is -1.26. The second-order valence-electron chi connectivity index (χ2n) is 5.82. The molecule has 1 saturated heterocycles. The van der Waals surface area contributed by atoms with Gasteiger partial charge in [0.1, 0.15) is 5.65 Å². The fourth-order valence-corrected chi connectivity index (χ4v) is 3.51. The van der Waals surface area contributed by atoms with Gasteiger partial charge in [0.05, 0.1) is 11.6 Å². The molecular formula is C16H23ClN4. The van der Waals surface area contributed by atoms with Gasteiger partial charge < -0.3 is 14.2 Å². The van der Waals surface area contributed by atoms with Crippen LogP contribution in [0.15, 0.2) is 24.4 Å². The molecule has 1 unspecified atom stereocenters. The van der Waals surface area contributed by atoms with Crippen molar-refractivity contribution in [1.82, 2.24) is 14.3 Å². The minimum atomic E-state index is 0.489. The van der Waals surface area contributed by atoms with Gasteiger partial charge >= 0.3 is 0 Å². The van der Waals surface area contributed by atoms with Crippen LogP contribution in [0, 0.1) is 0 Å². The lowest BCUT2D eigenvalue weighted by Gasteiger charge is -2.31. The molecule has 1 aliphatic rings. The fourth-order valence-electron chi connectivity index (χ4n) is 3.26. The summed E-state index contributed by atoms with van der Waals surface area (Å²) in [4.78, 5) is 9.75. The number of pyridine rings is 1. The van der Waals surface area contributed by atoms with E-state index in [1.165, 1.54) is 6.42 Å². The van der Waals surface area contributed by atoms with Crippen LogP contribution in [0.1, 0.15) is 25.5 Å². The van der Waals surface area contributed by atoms with Gasteiger partial charge in [-0.3, -0.25) is 0 Å². The second-order valence-corrected chi connectivity index (χ2v) is 6.08. The van der Waals surface area contributed by atoms with Gasteiger partial charge in [-0.05, 0) is 38.6 Å². The van der Waals surface area contributed by atoms with Crippen LogP contribution >= 0.6 is 11.6 Å². The summed E-state index contributed by atoms with van der Waals surface area (Å²) >= 11 is 6.23. The SMILES string of the molecule is CCC1CN(C)CCCN1c1nc2ccccn2c1CCl. The van der Waals surface area contributed by atoms with Gasteiger partial charge in [-0.25, -0.2) is 4.98 Å². The van der Waals surface area contributed by atoms with E-state index in [1.807, 2.05) is 18.2 Å². The van der Waals surface area contributed by atoms with E-state index >= 15 is 0 Å². The number of rotatable bonds is 3. The lowest BCUT2D eigenvalue weighted by atomic mass is 10.2. The summed E-state index contributed by atoms with van der Waals surface area (Å²) < 4.78 is 2.11. The first-order valence-corrected chi connectivity index (χ1v) is 8.25. The minimum absolute atomic E-state index is 0.489. The lowest BCUT2D eigenvalue weighted by molar-refractivity contribution is 0.327. The molecule has 2 aromatic heterocycles. The van der Waals surface area contributed by atoms with Crippen molar-refractivity contribution in [2.45, 2.75) is 31.7 Å². The first kappa shape index (κ1) is 14.7. The summed E-state index contributed by atoms with van der Waals surface area (Å²) in [6.07, 6.45) is 4.34. The van der Waals surface area contributed by atoms with Gasteiger partial charge in [0, 0.05) is 25.3 Å². The summed E-state index contributed by atoms with van der Waals surface area (Å²) in [7, 11) is 2.21. The lowest BCUT2D eigenvalue weighted by Crippen LogP contribution is -2.40. The van der Waals surface area contributed by atoms with Gasteiger partial charge in [0.2, 0.25) is 0 Å². The van der Waals surface area contributed by atoms with E-state index in [-0.39, 0.29) is 0 Å². The number of likely N-dealkylation sites (N-methyl/N-ethyl adjacent to an activating group) is 1. The van der Waals surface area contributed by atoms with Crippen molar-refractivity contribution in [2.75, 3.05) is 31.6 Å². The third-order valence-corrected chi connectivity index (χ3v) is 4.63. The molecule has 0 bridgehead atoms.